The summed E-state index contributed by atoms with van der Waals surface area (Å²) in [5.74, 6) is 0.394. The van der Waals surface area contributed by atoms with Gasteiger partial charge in [-0.2, -0.15) is 19.9 Å². The Hall–Kier alpha value is -8.21. The van der Waals surface area contributed by atoms with Crippen molar-refractivity contribution in [3.63, 3.8) is 0 Å². The van der Waals surface area contributed by atoms with E-state index in [1.165, 1.54) is 30.3 Å². The van der Waals surface area contributed by atoms with Crippen LogP contribution < -0.4 is 19.3 Å². The number of fused-ring (bicyclic) bond motifs is 8. The second kappa shape index (κ2) is 20.2. The number of allylic oxidation sites excluding steroid dienone is 2. The Labute approximate surface area is 498 Å². The molecule has 4 aromatic carbocycles. The van der Waals surface area contributed by atoms with Gasteiger partial charge >= 0.3 is 12.0 Å². The summed E-state index contributed by atoms with van der Waals surface area (Å²) < 4.78 is 96.8. The summed E-state index contributed by atoms with van der Waals surface area (Å²) >= 11 is 0. The zero-order valence-electron chi connectivity index (χ0n) is 48.4. The van der Waals surface area contributed by atoms with Crippen LogP contribution >= 0.6 is 0 Å². The minimum absolute atomic E-state index is 0.00592. The lowest BCUT2D eigenvalue weighted by molar-refractivity contribution is 0.0848. The number of ether oxygens (including phenoxy) is 2. The van der Waals surface area contributed by atoms with Gasteiger partial charge in [-0.15, -0.1) is 6.42 Å². The molecule has 8 aromatic rings. The van der Waals surface area contributed by atoms with Crippen LogP contribution in [0.5, 0.6) is 23.5 Å². The number of terminal acetylenes is 1. The lowest BCUT2D eigenvalue weighted by Gasteiger charge is -2.37. The highest BCUT2D eigenvalue weighted by Crippen LogP contribution is 2.54. The first-order chi connectivity index (χ1) is 42.2. The second-order valence-corrected chi connectivity index (χ2v) is 25.3. The summed E-state index contributed by atoms with van der Waals surface area (Å²) in [6.45, 7) is 7.17. The van der Waals surface area contributed by atoms with Gasteiger partial charge in [-0.3, -0.25) is 9.80 Å². The number of phenolic OH excluding ortho intramolecular Hbond substituents is 2. The molecule has 8 aliphatic heterocycles. The maximum atomic E-state index is 18.2. The van der Waals surface area contributed by atoms with E-state index in [0.29, 0.717) is 107 Å². The summed E-state index contributed by atoms with van der Waals surface area (Å²) in [6.07, 6.45) is 19.3. The van der Waals surface area contributed by atoms with Gasteiger partial charge in [-0.05, 0) is 179 Å². The number of pyridine rings is 2. The summed E-state index contributed by atoms with van der Waals surface area (Å²) in [5.41, 5.74) is 2.59. The Morgan fingerprint density at radius 3 is 2.23 bits per heavy atom. The molecule has 12 heterocycles. The van der Waals surface area contributed by atoms with Crippen LogP contribution in [0.3, 0.4) is 0 Å². The molecule has 16 rings (SSSR count). The van der Waals surface area contributed by atoms with E-state index in [0.717, 1.165) is 82.0 Å². The van der Waals surface area contributed by atoms with Crippen molar-refractivity contribution in [3.05, 3.63) is 106 Å². The molecule has 5 atom stereocenters. The van der Waals surface area contributed by atoms with E-state index in [2.05, 4.69) is 31.6 Å². The maximum absolute atomic E-state index is 18.2. The lowest BCUT2D eigenvalue weighted by Crippen LogP contribution is -2.44. The molecule has 0 aliphatic carbocycles. The first-order valence-electron chi connectivity index (χ1n) is 30.8. The van der Waals surface area contributed by atoms with Gasteiger partial charge in [0.25, 0.3) is 0 Å². The third-order valence-corrected chi connectivity index (χ3v) is 20.6. The number of rotatable bonds is 10. The van der Waals surface area contributed by atoms with Crippen molar-refractivity contribution in [2.24, 2.45) is 0 Å². The van der Waals surface area contributed by atoms with Gasteiger partial charge in [0, 0.05) is 60.3 Å². The molecule has 2 N–H and O–H groups in total. The normalized spacial score (nSPS) is 24.1. The standard InChI is InChI=1S/C68H63F5N10O4/c1-4-41-47(70)16-14-36-26-39(84)28-45(52(36)41)60-57(73)62-55-58(75-60)35(3)50-13-7-9-24-82(50)64(55)79-66(77-62)86-33-67-19-11-25-83(67)51(18-21-67)43-30-48(71)42(5-2)53-44(43)27-40(85)29-46(53)59-56(72)61-54-49(74-59)17-15-38-12-6-8-23-81(38)63(54)78-65(76-61)87-34-68-20-10-22-80(68)32-37(69)31-68/h1,14-17,26-30,37-38,51,84-85H,5-13,18-25,31-34H2,2-3H3/t37-,38?,51?,67-,68?/m1/s1. The summed E-state index contributed by atoms with van der Waals surface area (Å²) in [6, 6.07) is 9.72. The SMILES string of the molecule is C#Cc1c(F)ccc2cc(O)cc(-c3nc4c5c(nc(OC[C@]67CCCN6C(c6cc(F)c(CC)c8c(-c9nc%10c%11c(nc(OCC%12%13CCCN%12C[C@H](F)C%13)nc%11c9F)N9CCCCC9C=C%10)cc(O)cc68)CC7)nc5c3F)N3CCCCC3=C4C)c12. The number of aromatic hydroxyl groups is 2. The van der Waals surface area contributed by atoms with E-state index in [-0.39, 0.29) is 99.7 Å². The topological polar surface area (TPSA) is 149 Å². The van der Waals surface area contributed by atoms with E-state index in [1.54, 1.807) is 12.1 Å². The third kappa shape index (κ3) is 8.25. The van der Waals surface area contributed by atoms with Crippen LogP contribution in [0.15, 0.2) is 54.2 Å². The van der Waals surface area contributed by atoms with Crippen LogP contribution in [-0.2, 0) is 6.42 Å². The van der Waals surface area contributed by atoms with Gasteiger partial charge in [-0.25, -0.2) is 31.9 Å². The Morgan fingerprint density at radius 1 is 0.701 bits per heavy atom. The molecule has 6 fully saturated rings. The molecule has 444 valence electrons. The van der Waals surface area contributed by atoms with Crippen molar-refractivity contribution < 1.29 is 41.6 Å². The van der Waals surface area contributed by atoms with Gasteiger partial charge in [-0.1, -0.05) is 25.0 Å². The fraction of sp³-hybridized carbons (Fsp3) is 0.412. The Morgan fingerprint density at radius 2 is 1.43 bits per heavy atom. The predicted molar refractivity (Wildman–Crippen MR) is 324 cm³/mol. The van der Waals surface area contributed by atoms with Gasteiger partial charge in [0.2, 0.25) is 0 Å². The Kier molecular flexibility index (Phi) is 12.6. The maximum Gasteiger partial charge on any atom is 0.319 e. The fourth-order valence-electron chi connectivity index (χ4n) is 16.6. The minimum atomic E-state index is -0.964. The molecule has 14 nitrogen and oxygen atoms in total. The first-order valence-corrected chi connectivity index (χ1v) is 30.8. The van der Waals surface area contributed by atoms with Crippen LogP contribution in [-0.4, -0.2) is 119 Å². The Balaban J connectivity index is 0.782. The minimum Gasteiger partial charge on any atom is -0.508 e. The van der Waals surface area contributed by atoms with E-state index in [4.69, 9.17) is 45.8 Å². The molecule has 87 heavy (non-hydrogen) atoms. The number of benzene rings is 4. The van der Waals surface area contributed by atoms with E-state index in [1.807, 2.05) is 19.9 Å². The molecular formula is C68H63F5N10O4. The van der Waals surface area contributed by atoms with E-state index >= 15 is 17.6 Å². The molecule has 0 spiro atoms. The van der Waals surface area contributed by atoms with Crippen LogP contribution in [0.1, 0.15) is 131 Å². The summed E-state index contributed by atoms with van der Waals surface area (Å²) in [5, 5.41) is 25.4. The highest BCUT2D eigenvalue weighted by molar-refractivity contribution is 6.08. The van der Waals surface area contributed by atoms with E-state index in [9.17, 15) is 14.6 Å². The average Bonchev–Trinajstić information content (AvgIpc) is 2.42. The molecule has 0 radical (unpaired) electrons. The van der Waals surface area contributed by atoms with Crippen molar-refractivity contribution in [2.45, 2.75) is 133 Å². The number of aryl methyl sites for hydroxylation is 1. The quantitative estimate of drug-likeness (QED) is 0.0988. The molecule has 3 unspecified atom stereocenters. The van der Waals surface area contributed by atoms with Crippen LogP contribution in [0.25, 0.3) is 77.5 Å². The third-order valence-electron chi connectivity index (χ3n) is 20.6. The van der Waals surface area contributed by atoms with Gasteiger partial charge in [0.1, 0.15) is 76.6 Å². The summed E-state index contributed by atoms with van der Waals surface area (Å²) in [4.78, 5) is 38.5. The Bertz CT molecular complexity index is 4420. The second-order valence-electron chi connectivity index (χ2n) is 25.3. The van der Waals surface area contributed by atoms with Gasteiger partial charge in [0.05, 0.1) is 38.8 Å². The number of alkyl halides is 1. The zero-order valence-corrected chi connectivity index (χ0v) is 48.4. The number of aromatic nitrogens is 6. The lowest BCUT2D eigenvalue weighted by atomic mass is 9.88. The number of phenols is 2. The number of piperidine rings is 2. The van der Waals surface area contributed by atoms with Gasteiger partial charge in [0.15, 0.2) is 11.6 Å². The van der Waals surface area contributed by atoms with Gasteiger partial charge < -0.3 is 29.5 Å². The molecule has 0 amide bonds. The highest BCUT2D eigenvalue weighted by atomic mass is 19.1. The van der Waals surface area contributed by atoms with Crippen molar-refractivity contribution in [2.75, 3.05) is 55.7 Å². The molecule has 4 aromatic heterocycles. The predicted octanol–water partition coefficient (Wildman–Crippen LogP) is 13.3. The van der Waals surface area contributed by atoms with Crippen LogP contribution in [0.4, 0.5) is 33.6 Å². The number of hydrogen-bond acceptors (Lipinski definition) is 14. The van der Waals surface area contributed by atoms with Crippen molar-refractivity contribution in [1.29, 1.82) is 0 Å². The van der Waals surface area contributed by atoms with Crippen molar-refractivity contribution in [1.82, 2.24) is 39.7 Å². The number of hydrogen-bond donors (Lipinski definition) is 2. The number of nitrogens with zero attached hydrogens (tertiary/aromatic N) is 10. The molecule has 19 heteroatoms. The largest absolute Gasteiger partial charge is 0.508 e. The zero-order chi connectivity index (χ0) is 59.4. The number of anilines is 2. The summed E-state index contributed by atoms with van der Waals surface area (Å²) in [7, 11) is 0. The first kappa shape index (κ1) is 54.2. The van der Waals surface area contributed by atoms with Crippen LogP contribution in [0.2, 0.25) is 0 Å². The highest BCUT2D eigenvalue weighted by Gasteiger charge is 2.52. The fourth-order valence-corrected chi connectivity index (χ4v) is 16.6. The smallest absolute Gasteiger partial charge is 0.319 e. The molecule has 6 saturated heterocycles. The van der Waals surface area contributed by atoms with E-state index < -0.39 is 40.5 Å². The molecular weight excluding hydrogens is 1120 g/mol. The number of halogens is 5. The van der Waals surface area contributed by atoms with Crippen molar-refractivity contribution >= 4 is 66.6 Å². The molecule has 0 saturated carbocycles. The monoisotopic (exact) mass is 1180 g/mol. The average molecular weight is 1180 g/mol. The molecule has 0 bridgehead atoms. The molecule has 8 aliphatic rings. The van der Waals surface area contributed by atoms with Crippen LogP contribution in [0, 0.1) is 35.6 Å². The van der Waals surface area contributed by atoms with Crippen molar-refractivity contribution in [3.8, 4) is 58.4 Å².